The molecule has 1 atom stereocenters. The molecule has 0 spiro atoms. The van der Waals surface area contributed by atoms with Gasteiger partial charge < -0.3 is 10.1 Å². The number of hydrogen-bond donors (Lipinski definition) is 1. The molecule has 19 heavy (non-hydrogen) atoms. The van der Waals surface area contributed by atoms with Gasteiger partial charge in [0.1, 0.15) is 0 Å². The normalized spacial score (nSPS) is 13.6. The Bertz CT molecular complexity index is 398. The van der Waals surface area contributed by atoms with Gasteiger partial charge in [-0.15, -0.1) is 0 Å². The predicted molar refractivity (Wildman–Crippen MR) is 82.8 cm³/mol. The summed E-state index contributed by atoms with van der Waals surface area (Å²) in [5, 5.41) is 3.62. The lowest BCUT2D eigenvalue weighted by molar-refractivity contribution is -0.00998. The van der Waals surface area contributed by atoms with Crippen LogP contribution in [-0.2, 0) is 11.2 Å². The van der Waals surface area contributed by atoms with Crippen LogP contribution in [0.5, 0.6) is 0 Å². The van der Waals surface area contributed by atoms with Gasteiger partial charge in [-0.2, -0.15) is 0 Å². The SMILES string of the molecule is CCCNC(Cc1ccc(C)c(C)c1)C(C)(C)OC. The topological polar surface area (TPSA) is 21.3 Å². The van der Waals surface area contributed by atoms with Crippen molar-refractivity contribution in [3.05, 3.63) is 34.9 Å². The molecule has 0 heterocycles. The molecular weight excluding hydrogens is 234 g/mol. The maximum Gasteiger partial charge on any atom is 0.0778 e. The molecule has 0 aliphatic heterocycles. The van der Waals surface area contributed by atoms with Gasteiger partial charge in [-0.3, -0.25) is 0 Å². The molecule has 1 N–H and O–H groups in total. The lowest BCUT2D eigenvalue weighted by Crippen LogP contribution is -2.49. The highest BCUT2D eigenvalue weighted by molar-refractivity contribution is 5.30. The van der Waals surface area contributed by atoms with Crippen LogP contribution in [0.3, 0.4) is 0 Å². The van der Waals surface area contributed by atoms with Crippen LogP contribution in [0.2, 0.25) is 0 Å². The molecule has 108 valence electrons. The molecule has 0 saturated heterocycles. The molecule has 0 saturated carbocycles. The highest BCUT2D eigenvalue weighted by Crippen LogP contribution is 2.19. The van der Waals surface area contributed by atoms with Crippen molar-refractivity contribution in [2.45, 2.75) is 59.1 Å². The van der Waals surface area contributed by atoms with Gasteiger partial charge in [0.25, 0.3) is 0 Å². The zero-order chi connectivity index (χ0) is 14.5. The van der Waals surface area contributed by atoms with E-state index in [4.69, 9.17) is 4.74 Å². The van der Waals surface area contributed by atoms with Gasteiger partial charge in [-0.05, 0) is 63.8 Å². The number of benzene rings is 1. The van der Waals surface area contributed by atoms with E-state index in [9.17, 15) is 0 Å². The van der Waals surface area contributed by atoms with Crippen LogP contribution in [-0.4, -0.2) is 25.3 Å². The molecule has 0 aliphatic carbocycles. The van der Waals surface area contributed by atoms with Crippen LogP contribution in [0.15, 0.2) is 18.2 Å². The second-order valence-corrected chi connectivity index (χ2v) is 5.94. The summed E-state index contributed by atoms with van der Waals surface area (Å²) >= 11 is 0. The molecular formula is C17H29NO. The standard InChI is InChI=1S/C17H29NO/c1-7-10-18-16(17(4,5)19-6)12-15-9-8-13(2)14(3)11-15/h8-9,11,16,18H,7,10,12H2,1-6H3. The van der Waals surface area contributed by atoms with E-state index in [2.05, 4.69) is 58.1 Å². The lowest BCUT2D eigenvalue weighted by Gasteiger charge is -2.34. The van der Waals surface area contributed by atoms with Crippen LogP contribution in [0.1, 0.15) is 43.9 Å². The number of nitrogens with one attached hydrogen (secondary N) is 1. The predicted octanol–water partition coefficient (Wildman–Crippen LogP) is 3.64. The lowest BCUT2D eigenvalue weighted by atomic mass is 9.91. The third kappa shape index (κ3) is 4.63. The van der Waals surface area contributed by atoms with E-state index in [1.807, 2.05) is 0 Å². The van der Waals surface area contributed by atoms with Gasteiger partial charge in [0.15, 0.2) is 0 Å². The van der Waals surface area contributed by atoms with E-state index in [-0.39, 0.29) is 5.60 Å². The third-order valence-corrected chi connectivity index (χ3v) is 4.02. The van der Waals surface area contributed by atoms with Crippen molar-refractivity contribution in [2.24, 2.45) is 0 Å². The zero-order valence-corrected chi connectivity index (χ0v) is 13.3. The number of aryl methyl sites for hydroxylation is 2. The van der Waals surface area contributed by atoms with Gasteiger partial charge in [-0.25, -0.2) is 0 Å². The Balaban J connectivity index is 2.84. The average Bonchev–Trinajstić information content (AvgIpc) is 2.38. The Morgan fingerprint density at radius 2 is 1.89 bits per heavy atom. The molecule has 1 aromatic rings. The number of ether oxygens (including phenoxy) is 1. The van der Waals surface area contributed by atoms with Gasteiger partial charge in [0.05, 0.1) is 5.60 Å². The fourth-order valence-corrected chi connectivity index (χ4v) is 2.19. The number of methoxy groups -OCH3 is 1. The quantitative estimate of drug-likeness (QED) is 0.811. The molecule has 2 heteroatoms. The third-order valence-electron chi connectivity index (χ3n) is 4.02. The van der Waals surface area contributed by atoms with Crippen molar-refractivity contribution >= 4 is 0 Å². The minimum atomic E-state index is -0.159. The first kappa shape index (κ1) is 16.2. The highest BCUT2D eigenvalue weighted by Gasteiger charge is 2.28. The smallest absolute Gasteiger partial charge is 0.0778 e. The Morgan fingerprint density at radius 1 is 1.21 bits per heavy atom. The van der Waals surface area contributed by atoms with Crippen molar-refractivity contribution in [1.29, 1.82) is 0 Å². The minimum absolute atomic E-state index is 0.159. The summed E-state index contributed by atoms with van der Waals surface area (Å²) in [6, 6.07) is 7.07. The summed E-state index contributed by atoms with van der Waals surface area (Å²) in [5.74, 6) is 0. The number of hydrogen-bond acceptors (Lipinski definition) is 2. The van der Waals surface area contributed by atoms with E-state index in [1.165, 1.54) is 16.7 Å². The monoisotopic (exact) mass is 263 g/mol. The summed E-state index contributed by atoms with van der Waals surface area (Å²) in [6.45, 7) is 11.9. The maximum absolute atomic E-state index is 5.66. The summed E-state index contributed by atoms with van der Waals surface area (Å²) < 4.78 is 5.66. The van der Waals surface area contributed by atoms with E-state index < -0.39 is 0 Å². The molecule has 1 rings (SSSR count). The summed E-state index contributed by atoms with van der Waals surface area (Å²) in [6.07, 6.45) is 2.14. The first-order valence-electron chi connectivity index (χ1n) is 7.25. The van der Waals surface area contributed by atoms with Gasteiger partial charge >= 0.3 is 0 Å². The molecule has 0 radical (unpaired) electrons. The maximum atomic E-state index is 5.66. The average molecular weight is 263 g/mol. The van der Waals surface area contributed by atoms with Crippen LogP contribution in [0.25, 0.3) is 0 Å². The van der Waals surface area contributed by atoms with Crippen molar-refractivity contribution in [3.63, 3.8) is 0 Å². The van der Waals surface area contributed by atoms with Gasteiger partial charge in [-0.1, -0.05) is 25.1 Å². The first-order chi connectivity index (χ1) is 8.90. The molecule has 0 fully saturated rings. The summed E-state index contributed by atoms with van der Waals surface area (Å²) in [4.78, 5) is 0. The Kier molecular flexibility index (Phi) is 6.02. The minimum Gasteiger partial charge on any atom is -0.377 e. The molecule has 0 amide bonds. The fourth-order valence-electron chi connectivity index (χ4n) is 2.19. The molecule has 1 unspecified atom stereocenters. The second-order valence-electron chi connectivity index (χ2n) is 5.94. The number of rotatable bonds is 7. The highest BCUT2D eigenvalue weighted by atomic mass is 16.5. The summed E-state index contributed by atoms with van der Waals surface area (Å²) in [7, 11) is 1.79. The van der Waals surface area contributed by atoms with Gasteiger partial charge in [0, 0.05) is 13.2 Å². The largest absolute Gasteiger partial charge is 0.377 e. The van der Waals surface area contributed by atoms with E-state index >= 15 is 0 Å². The van der Waals surface area contributed by atoms with Crippen LogP contribution in [0, 0.1) is 13.8 Å². The van der Waals surface area contributed by atoms with E-state index in [0.29, 0.717) is 6.04 Å². The van der Waals surface area contributed by atoms with Crippen LogP contribution in [0.4, 0.5) is 0 Å². The fraction of sp³-hybridized carbons (Fsp3) is 0.647. The Hall–Kier alpha value is -0.860. The second kappa shape index (κ2) is 7.06. The van der Waals surface area contributed by atoms with Crippen molar-refractivity contribution < 1.29 is 4.74 Å². The molecule has 0 bridgehead atoms. The van der Waals surface area contributed by atoms with Crippen molar-refractivity contribution in [3.8, 4) is 0 Å². The summed E-state index contributed by atoms with van der Waals surface area (Å²) in [5.41, 5.74) is 3.94. The van der Waals surface area contributed by atoms with E-state index in [1.54, 1.807) is 7.11 Å². The van der Waals surface area contributed by atoms with Crippen LogP contribution >= 0.6 is 0 Å². The van der Waals surface area contributed by atoms with Crippen molar-refractivity contribution in [1.82, 2.24) is 5.32 Å². The molecule has 1 aromatic carbocycles. The van der Waals surface area contributed by atoms with E-state index in [0.717, 1.165) is 19.4 Å². The zero-order valence-electron chi connectivity index (χ0n) is 13.3. The Labute approximate surface area is 118 Å². The molecule has 2 nitrogen and oxygen atoms in total. The van der Waals surface area contributed by atoms with Crippen LogP contribution < -0.4 is 5.32 Å². The van der Waals surface area contributed by atoms with Crippen molar-refractivity contribution in [2.75, 3.05) is 13.7 Å². The van der Waals surface area contributed by atoms with Gasteiger partial charge in [0.2, 0.25) is 0 Å². The molecule has 0 aromatic heterocycles. The first-order valence-corrected chi connectivity index (χ1v) is 7.25. The Morgan fingerprint density at radius 3 is 2.42 bits per heavy atom. The molecule has 0 aliphatic rings.